The van der Waals surface area contributed by atoms with E-state index in [1.807, 2.05) is 0 Å². The van der Waals surface area contributed by atoms with Gasteiger partial charge < -0.3 is 10.1 Å². The quantitative estimate of drug-likeness (QED) is 0.631. The molecular weight excluding hydrogens is 238 g/mol. The summed E-state index contributed by atoms with van der Waals surface area (Å²) < 4.78 is 5.40. The van der Waals surface area contributed by atoms with Gasteiger partial charge in [-0.15, -0.1) is 0 Å². The van der Waals surface area contributed by atoms with Crippen LogP contribution in [0.5, 0.6) is 0 Å². The summed E-state index contributed by atoms with van der Waals surface area (Å²) in [5, 5.41) is 2.81. The van der Waals surface area contributed by atoms with Crippen molar-refractivity contribution in [2.75, 3.05) is 13.2 Å². The number of carbonyl (C=O) groups excluding carboxylic acids is 1. The fraction of sp³-hybridized carbons (Fsp3) is 0.938. The van der Waals surface area contributed by atoms with Crippen LogP contribution in [-0.2, 0) is 4.74 Å². The Morgan fingerprint density at radius 1 is 1.32 bits per heavy atom. The highest BCUT2D eigenvalue weighted by atomic mass is 16.5. The number of rotatable bonds is 9. The van der Waals surface area contributed by atoms with Crippen molar-refractivity contribution in [2.45, 2.75) is 66.2 Å². The van der Waals surface area contributed by atoms with Crippen LogP contribution in [0.2, 0.25) is 0 Å². The van der Waals surface area contributed by atoms with Gasteiger partial charge in [0.05, 0.1) is 6.61 Å². The Morgan fingerprint density at radius 3 is 2.53 bits per heavy atom. The van der Waals surface area contributed by atoms with Gasteiger partial charge in [0, 0.05) is 6.54 Å². The van der Waals surface area contributed by atoms with Gasteiger partial charge >= 0.3 is 6.09 Å². The fourth-order valence-corrected chi connectivity index (χ4v) is 2.37. The average Bonchev–Trinajstić information content (AvgIpc) is 3.08. The molecule has 0 aromatic rings. The molecule has 1 fully saturated rings. The Hall–Kier alpha value is -0.730. The number of hydrogen-bond donors (Lipinski definition) is 1. The van der Waals surface area contributed by atoms with Crippen molar-refractivity contribution in [2.24, 2.45) is 17.3 Å². The van der Waals surface area contributed by atoms with E-state index in [-0.39, 0.29) is 6.09 Å². The molecule has 0 heterocycles. The topological polar surface area (TPSA) is 38.3 Å². The van der Waals surface area contributed by atoms with E-state index in [4.69, 9.17) is 4.74 Å². The summed E-state index contributed by atoms with van der Waals surface area (Å²) in [6.07, 6.45) is 6.84. The lowest BCUT2D eigenvalue weighted by molar-refractivity contribution is 0.101. The maximum atomic E-state index is 11.6. The van der Waals surface area contributed by atoms with Gasteiger partial charge in [-0.1, -0.05) is 40.5 Å². The summed E-state index contributed by atoms with van der Waals surface area (Å²) in [6, 6.07) is 0. The molecule has 1 unspecified atom stereocenters. The normalized spacial score (nSPS) is 18.2. The Morgan fingerprint density at radius 2 is 2.00 bits per heavy atom. The Labute approximate surface area is 118 Å². The van der Waals surface area contributed by atoms with Crippen LogP contribution in [0.1, 0.15) is 66.2 Å². The van der Waals surface area contributed by atoms with E-state index in [0.717, 1.165) is 25.3 Å². The second kappa shape index (κ2) is 7.76. The van der Waals surface area contributed by atoms with Gasteiger partial charge in [0.15, 0.2) is 0 Å². The third kappa shape index (κ3) is 6.31. The zero-order valence-corrected chi connectivity index (χ0v) is 13.1. The third-order valence-electron chi connectivity index (χ3n) is 4.33. The Bertz CT molecular complexity index is 272. The molecule has 1 amide bonds. The van der Waals surface area contributed by atoms with E-state index < -0.39 is 0 Å². The summed E-state index contributed by atoms with van der Waals surface area (Å²) in [6.45, 7) is 10.3. The van der Waals surface area contributed by atoms with Crippen LogP contribution in [0.25, 0.3) is 0 Å². The monoisotopic (exact) mass is 269 g/mol. The zero-order valence-electron chi connectivity index (χ0n) is 13.1. The van der Waals surface area contributed by atoms with Crippen molar-refractivity contribution < 1.29 is 9.53 Å². The zero-order chi connectivity index (χ0) is 14.3. The molecule has 1 aliphatic rings. The molecule has 0 saturated heterocycles. The molecule has 1 N–H and O–H groups in total. The molecule has 3 heteroatoms. The molecule has 0 aromatic carbocycles. The molecule has 3 nitrogen and oxygen atoms in total. The first kappa shape index (κ1) is 16.3. The number of ether oxygens (including phenoxy) is 1. The summed E-state index contributed by atoms with van der Waals surface area (Å²) in [5.74, 6) is 1.26. The first-order valence-electron chi connectivity index (χ1n) is 7.88. The molecule has 112 valence electrons. The van der Waals surface area contributed by atoms with Crippen molar-refractivity contribution in [3.05, 3.63) is 0 Å². The van der Waals surface area contributed by atoms with Gasteiger partial charge in [-0.25, -0.2) is 4.79 Å². The van der Waals surface area contributed by atoms with Gasteiger partial charge in [0.1, 0.15) is 0 Å². The molecule has 1 rings (SSSR count). The minimum absolute atomic E-state index is 0.243. The van der Waals surface area contributed by atoms with E-state index >= 15 is 0 Å². The van der Waals surface area contributed by atoms with Crippen LogP contribution < -0.4 is 5.32 Å². The standard InChI is InChI=1S/C16H31NO2/c1-5-6-11-17-15(18)19-12-14(8-7-13(2)3)16(4)9-10-16/h13-14H,5-12H2,1-4H3,(H,17,18). The van der Waals surface area contributed by atoms with Gasteiger partial charge in [-0.05, 0) is 42.9 Å². The summed E-state index contributed by atoms with van der Waals surface area (Å²) >= 11 is 0. The van der Waals surface area contributed by atoms with Gasteiger partial charge in [-0.2, -0.15) is 0 Å². The molecule has 1 aliphatic carbocycles. The number of carbonyl (C=O) groups is 1. The highest BCUT2D eigenvalue weighted by Gasteiger charge is 2.44. The van der Waals surface area contributed by atoms with E-state index in [2.05, 4.69) is 33.0 Å². The maximum absolute atomic E-state index is 11.6. The van der Waals surface area contributed by atoms with E-state index in [1.165, 1.54) is 25.7 Å². The molecule has 0 spiro atoms. The highest BCUT2D eigenvalue weighted by Crippen LogP contribution is 2.53. The van der Waals surface area contributed by atoms with Crippen LogP contribution in [0.3, 0.4) is 0 Å². The second-order valence-corrected chi connectivity index (χ2v) is 6.70. The lowest BCUT2D eigenvalue weighted by atomic mass is 9.86. The lowest BCUT2D eigenvalue weighted by Crippen LogP contribution is -2.29. The lowest BCUT2D eigenvalue weighted by Gasteiger charge is -2.24. The van der Waals surface area contributed by atoms with Crippen molar-refractivity contribution in [3.8, 4) is 0 Å². The number of nitrogens with one attached hydrogen (secondary N) is 1. The van der Waals surface area contributed by atoms with Crippen molar-refractivity contribution in [1.29, 1.82) is 0 Å². The molecule has 0 radical (unpaired) electrons. The minimum Gasteiger partial charge on any atom is -0.449 e. The van der Waals surface area contributed by atoms with Crippen molar-refractivity contribution in [1.82, 2.24) is 5.32 Å². The van der Waals surface area contributed by atoms with Crippen LogP contribution in [0.15, 0.2) is 0 Å². The Kier molecular flexibility index (Phi) is 6.67. The van der Waals surface area contributed by atoms with Gasteiger partial charge in [0.25, 0.3) is 0 Å². The van der Waals surface area contributed by atoms with Gasteiger partial charge in [-0.3, -0.25) is 0 Å². The fourth-order valence-electron chi connectivity index (χ4n) is 2.37. The number of alkyl carbamates (subject to hydrolysis) is 1. The van der Waals surface area contributed by atoms with E-state index in [0.29, 0.717) is 17.9 Å². The van der Waals surface area contributed by atoms with Crippen molar-refractivity contribution >= 4 is 6.09 Å². The number of amides is 1. The molecular formula is C16H31NO2. The second-order valence-electron chi connectivity index (χ2n) is 6.70. The predicted octanol–water partition coefficient (Wildman–Crippen LogP) is 4.37. The number of hydrogen-bond acceptors (Lipinski definition) is 2. The van der Waals surface area contributed by atoms with Crippen LogP contribution in [-0.4, -0.2) is 19.2 Å². The molecule has 19 heavy (non-hydrogen) atoms. The minimum atomic E-state index is -0.243. The van der Waals surface area contributed by atoms with E-state index in [1.54, 1.807) is 0 Å². The summed E-state index contributed by atoms with van der Waals surface area (Å²) in [4.78, 5) is 11.6. The van der Waals surface area contributed by atoms with Crippen molar-refractivity contribution in [3.63, 3.8) is 0 Å². The molecule has 1 saturated carbocycles. The SMILES string of the molecule is CCCCNC(=O)OCC(CCC(C)C)C1(C)CC1. The Balaban J connectivity index is 2.26. The van der Waals surface area contributed by atoms with Gasteiger partial charge in [0.2, 0.25) is 0 Å². The first-order chi connectivity index (χ1) is 8.98. The first-order valence-corrected chi connectivity index (χ1v) is 7.88. The summed E-state index contributed by atoms with van der Waals surface area (Å²) in [5.41, 5.74) is 0.429. The number of unbranched alkanes of at least 4 members (excludes halogenated alkanes) is 1. The third-order valence-corrected chi connectivity index (χ3v) is 4.33. The highest BCUT2D eigenvalue weighted by molar-refractivity contribution is 5.67. The summed E-state index contributed by atoms with van der Waals surface area (Å²) in [7, 11) is 0. The largest absolute Gasteiger partial charge is 0.449 e. The van der Waals surface area contributed by atoms with E-state index in [9.17, 15) is 4.79 Å². The molecule has 0 aromatic heterocycles. The van der Waals surface area contributed by atoms with Crippen LogP contribution in [0, 0.1) is 17.3 Å². The predicted molar refractivity (Wildman–Crippen MR) is 79.2 cm³/mol. The molecule has 0 aliphatic heterocycles. The van der Waals surface area contributed by atoms with Crippen LogP contribution >= 0.6 is 0 Å². The van der Waals surface area contributed by atoms with Crippen LogP contribution in [0.4, 0.5) is 4.79 Å². The smallest absolute Gasteiger partial charge is 0.407 e. The average molecular weight is 269 g/mol. The molecule has 1 atom stereocenters. The molecule has 0 bridgehead atoms. The maximum Gasteiger partial charge on any atom is 0.407 e.